The van der Waals surface area contributed by atoms with Crippen LogP contribution in [-0.2, 0) is 72.0 Å². The number of para-hydroxylation sites is 1. The van der Waals surface area contributed by atoms with Crippen molar-refractivity contribution in [2.24, 2.45) is 28.3 Å². The number of hydrogen-bond acceptors (Lipinski definition) is 15. The number of carboxylic acid groups (broad SMARTS) is 1. The maximum absolute atomic E-state index is 14.7. The molecule has 30 nitrogen and oxygen atoms in total. The quantitative estimate of drug-likeness (QED) is 0.0162. The number of likely N-dealkylation sites (tertiary alicyclic amines) is 1. The lowest BCUT2D eigenvalue weighted by Gasteiger charge is -2.31. The molecule has 9 atom stereocenters. The molecule has 2 fully saturated rings. The summed E-state index contributed by atoms with van der Waals surface area (Å²) in [4.78, 5) is 164. The number of aliphatic imine (C=N–C) groups is 1. The third kappa shape index (κ3) is 23.4. The first kappa shape index (κ1) is 74.9. The fourth-order valence-electron chi connectivity index (χ4n) is 10.5. The zero-order valence-electron chi connectivity index (χ0n) is 52.8. The van der Waals surface area contributed by atoms with Crippen LogP contribution in [0.15, 0.2) is 72.2 Å². The number of aromatic hydroxyl groups is 1. The van der Waals surface area contributed by atoms with E-state index in [0.717, 1.165) is 5.52 Å². The summed E-state index contributed by atoms with van der Waals surface area (Å²) in [5.41, 5.74) is 13.3. The van der Waals surface area contributed by atoms with Crippen LogP contribution in [0, 0.1) is 11.8 Å². The van der Waals surface area contributed by atoms with Gasteiger partial charge in [-0.3, -0.25) is 52.9 Å². The molecule has 0 saturated carbocycles. The molecule has 33 heteroatoms. The smallest absolute Gasteiger partial charge is 0.490 e. The number of aromatic nitrogens is 3. The largest absolute Gasteiger partial charge is 0.508 e. The highest BCUT2D eigenvalue weighted by atomic mass is 19.4. The number of aliphatic hydroxyl groups is 1. The minimum atomic E-state index is -5.08. The molecule has 2 aliphatic heterocycles. The second-order valence-electron chi connectivity index (χ2n) is 23.6. The number of aliphatic carboxylic acids is 1. The van der Waals surface area contributed by atoms with Gasteiger partial charge in [0.2, 0.25) is 59.1 Å². The zero-order valence-corrected chi connectivity index (χ0v) is 52.8. The van der Waals surface area contributed by atoms with Gasteiger partial charge in [0.25, 0.3) is 0 Å². The lowest BCUT2D eigenvalue weighted by molar-refractivity contribution is -0.192. The molecule has 0 aliphatic carbocycles. The summed E-state index contributed by atoms with van der Waals surface area (Å²) in [6.07, 6.45) is 0.721. The Kier molecular flexibility index (Phi) is 28.6. The average Bonchev–Trinajstić information content (AvgIpc) is 2.61. The number of alkyl halides is 3. The number of nitrogens with two attached hydrogens (primary N) is 2. The lowest BCUT2D eigenvalue weighted by atomic mass is 9.98. The van der Waals surface area contributed by atoms with Crippen molar-refractivity contribution in [3.05, 3.63) is 84.1 Å². The Bertz CT molecular complexity index is 3290. The number of benzene rings is 2. The number of amides is 10. The van der Waals surface area contributed by atoms with Crippen molar-refractivity contribution in [2.75, 3.05) is 26.2 Å². The number of nitrogens with zero attached hydrogens (tertiary/aromatic N) is 3. The van der Waals surface area contributed by atoms with Gasteiger partial charge in [0, 0.05) is 74.3 Å². The summed E-state index contributed by atoms with van der Waals surface area (Å²) in [6, 6.07) is 1.58. The molecular weight excluding hydrogens is 1240 g/mol. The van der Waals surface area contributed by atoms with E-state index in [-0.39, 0.29) is 106 Å². The van der Waals surface area contributed by atoms with Gasteiger partial charge < -0.3 is 89.5 Å². The average molecular weight is 1320 g/mol. The Hall–Kier alpha value is -9.82. The molecule has 2 aromatic heterocycles. The number of phenolic OH excluding ortho intramolecular Hbond substituents is 1. The first-order valence-electron chi connectivity index (χ1n) is 30.7. The van der Waals surface area contributed by atoms with Crippen LogP contribution < -0.4 is 59.3 Å². The molecule has 94 heavy (non-hydrogen) atoms. The van der Waals surface area contributed by atoms with Crippen molar-refractivity contribution < 1.29 is 81.2 Å². The molecule has 0 radical (unpaired) electrons. The highest BCUT2D eigenvalue weighted by molar-refractivity contribution is 5.99. The fourth-order valence-corrected chi connectivity index (χ4v) is 10.5. The molecule has 514 valence electrons. The van der Waals surface area contributed by atoms with Crippen LogP contribution in [0.3, 0.4) is 0 Å². The van der Waals surface area contributed by atoms with E-state index in [0.29, 0.717) is 41.6 Å². The van der Waals surface area contributed by atoms with Gasteiger partial charge in [-0.2, -0.15) is 13.2 Å². The van der Waals surface area contributed by atoms with E-state index in [2.05, 4.69) is 67.8 Å². The van der Waals surface area contributed by atoms with Crippen LogP contribution >= 0.6 is 0 Å². The monoisotopic (exact) mass is 1320 g/mol. The second-order valence-corrected chi connectivity index (χ2v) is 23.6. The number of imidazole rings is 1. The number of H-pyrrole nitrogens is 2. The predicted octanol–water partition coefficient (Wildman–Crippen LogP) is -0.805. The van der Waals surface area contributed by atoms with Crippen molar-refractivity contribution in [2.45, 2.75) is 166 Å². The highest BCUT2D eigenvalue weighted by Crippen LogP contribution is 2.23. The van der Waals surface area contributed by atoms with Crippen LogP contribution in [0.2, 0.25) is 0 Å². The number of aliphatic hydroxyl groups excluding tert-OH is 1. The highest BCUT2D eigenvalue weighted by Gasteiger charge is 2.41. The standard InChI is InChI=1S/C59H84N16O12.C2HF3O2/c1-6-63-57(86)48-14-10-22-75(48)58(87)41(13-9-21-64-59(60)61)68-51(80)42(23-32(2)3)69-52(81)43(24-33(4)5)70-53(82)44(25-34-15-17-37(77)18-16-34)71-56(85)47(30-76)74-54(83)45(26-35-28-65-39-12-8-7-11-38(35)39)72-55(84)46(27-36-29-62-31-66-36)73-50(79)40-19-20-49(78)67-40;3-2(4,5)1(6)7/h7-8,11-12,15-18,28-29,31-33,40-48,65,76-77H,6,9-10,13-14,19-27,30H2,1-5H3,(H,62,66)(H,63,86)(H,67,78)(H,68,80)(H,69,81)(H,70,82)(H,71,85)(H,72,84)(H,73,79)(H,74,83)(H4,60,61,64);(H,6,7)/t40-,41+,42+,43-,44+,45-,46+,47-,48+;/m0./s1. The van der Waals surface area contributed by atoms with Gasteiger partial charge in [-0.05, 0) is 93.0 Å². The number of carboxylic acids is 1. The van der Waals surface area contributed by atoms with Gasteiger partial charge in [0.15, 0.2) is 5.96 Å². The maximum atomic E-state index is 14.7. The summed E-state index contributed by atoms with van der Waals surface area (Å²) in [6.45, 7) is 8.82. The van der Waals surface area contributed by atoms with Gasteiger partial charge in [0.1, 0.15) is 60.1 Å². The van der Waals surface area contributed by atoms with E-state index in [1.165, 1.54) is 41.7 Å². The van der Waals surface area contributed by atoms with Gasteiger partial charge in [-0.25, -0.2) is 9.78 Å². The van der Waals surface area contributed by atoms with Gasteiger partial charge in [-0.15, -0.1) is 0 Å². The van der Waals surface area contributed by atoms with Crippen LogP contribution in [-0.4, -0.2) is 193 Å². The minimum Gasteiger partial charge on any atom is -0.508 e. The number of carbonyl (C=O) groups is 11. The zero-order chi connectivity index (χ0) is 69.4. The van der Waals surface area contributed by atoms with Crippen LogP contribution in [0.25, 0.3) is 10.9 Å². The molecule has 4 heterocycles. The summed E-state index contributed by atoms with van der Waals surface area (Å²) in [5.74, 6) is -10.3. The van der Waals surface area contributed by atoms with Gasteiger partial charge >= 0.3 is 12.1 Å². The van der Waals surface area contributed by atoms with Crippen molar-refractivity contribution in [1.29, 1.82) is 0 Å². The van der Waals surface area contributed by atoms with E-state index in [4.69, 9.17) is 21.4 Å². The molecule has 2 aromatic carbocycles. The van der Waals surface area contributed by atoms with E-state index >= 15 is 0 Å². The fraction of sp³-hybridized carbons (Fsp3) is 0.525. The van der Waals surface area contributed by atoms with Crippen molar-refractivity contribution >= 4 is 81.9 Å². The number of phenols is 1. The Morgan fingerprint density at radius 2 is 1.26 bits per heavy atom. The number of halogens is 3. The number of hydrogen-bond donors (Lipinski definition) is 16. The van der Waals surface area contributed by atoms with Crippen molar-refractivity contribution in [1.82, 2.24) is 67.7 Å². The lowest BCUT2D eigenvalue weighted by Crippen LogP contribution is -2.61. The SMILES string of the molecule is CCNC(=O)[C@H]1CCCN1C(=O)[C@@H](CCCN=C(N)N)NC(=O)[C@@H](CC(C)C)NC(=O)[C@H](CC(C)C)NC(=O)[C@@H](Cc1ccc(O)cc1)NC(=O)[C@H](CO)NC(=O)[C@H](Cc1c[nH]c2ccccc12)NC(=O)[C@@H](Cc1cnc[nH]1)NC(=O)[C@@H]1CCC(=O)N1.O=C(O)C(F)(F)F. The summed E-state index contributed by atoms with van der Waals surface area (Å²) >= 11 is 0. The Morgan fingerprint density at radius 1 is 0.713 bits per heavy atom. The second kappa shape index (κ2) is 35.8. The van der Waals surface area contributed by atoms with Gasteiger partial charge in [-0.1, -0.05) is 58.0 Å². The number of aromatic amines is 2. The molecule has 4 aromatic rings. The maximum Gasteiger partial charge on any atom is 0.490 e. The van der Waals surface area contributed by atoms with Crippen LogP contribution in [0.5, 0.6) is 5.75 Å². The molecule has 0 spiro atoms. The molecule has 6 rings (SSSR count). The number of nitrogens with one attached hydrogen (secondary N) is 11. The molecule has 2 aliphatic rings. The molecule has 2 saturated heterocycles. The molecular formula is C61H85F3N16O14. The topological polar surface area (TPSA) is 469 Å². The van der Waals surface area contributed by atoms with Crippen LogP contribution in [0.4, 0.5) is 13.2 Å². The van der Waals surface area contributed by atoms with E-state index in [1.807, 2.05) is 19.9 Å². The summed E-state index contributed by atoms with van der Waals surface area (Å²) < 4.78 is 31.7. The number of likely N-dealkylation sites (N-methyl/N-ethyl adjacent to an activating group) is 1. The van der Waals surface area contributed by atoms with Gasteiger partial charge in [0.05, 0.1) is 12.9 Å². The van der Waals surface area contributed by atoms with E-state index < -0.39 is 120 Å². The number of rotatable bonds is 32. The number of fused-ring (bicyclic) bond motifs is 1. The van der Waals surface area contributed by atoms with E-state index in [1.54, 1.807) is 45.2 Å². The predicted molar refractivity (Wildman–Crippen MR) is 334 cm³/mol. The molecule has 18 N–H and O–H groups in total. The molecule has 0 unspecified atom stereocenters. The Labute approximate surface area is 539 Å². The van der Waals surface area contributed by atoms with Crippen molar-refractivity contribution in [3.8, 4) is 5.75 Å². The third-order valence-electron chi connectivity index (χ3n) is 15.2. The normalized spacial score (nSPS) is 16.7. The van der Waals surface area contributed by atoms with E-state index in [9.17, 15) is 71.3 Å². The number of carbonyl (C=O) groups excluding carboxylic acids is 10. The van der Waals surface area contributed by atoms with Crippen LogP contribution in [0.1, 0.15) is 103 Å². The molecule has 10 amide bonds. The van der Waals surface area contributed by atoms with Crippen molar-refractivity contribution in [3.63, 3.8) is 0 Å². The molecule has 0 bridgehead atoms. The summed E-state index contributed by atoms with van der Waals surface area (Å²) in [7, 11) is 0. The minimum absolute atomic E-state index is 0.0397. The third-order valence-corrected chi connectivity index (χ3v) is 15.2. The first-order valence-corrected chi connectivity index (χ1v) is 30.7. The number of guanidine groups is 1. The summed E-state index contributed by atoms with van der Waals surface area (Å²) in [5, 5.41) is 53.0. The Balaban J connectivity index is 0.00000216. The first-order chi connectivity index (χ1) is 44.5. The Morgan fingerprint density at radius 3 is 1.79 bits per heavy atom.